The molecule has 0 aliphatic rings. The molecule has 0 fully saturated rings. The van der Waals surface area contributed by atoms with E-state index in [1.165, 1.54) is 20.1 Å². The normalized spacial score (nSPS) is 10.0. The van der Waals surface area contributed by atoms with Crippen LogP contribution in [0.15, 0.2) is 6.07 Å². The fourth-order valence-electron chi connectivity index (χ4n) is 1.68. The number of carbonyl (C=O) groups excluding carboxylic acids is 1. The maximum absolute atomic E-state index is 11.5. The van der Waals surface area contributed by atoms with Crippen LogP contribution in [0, 0.1) is 0 Å². The minimum absolute atomic E-state index is 0.101. The van der Waals surface area contributed by atoms with Crippen LogP contribution in [0.1, 0.15) is 31.1 Å². The fraction of sp³-hybridized carbons (Fsp3) is 0.462. The van der Waals surface area contributed by atoms with Crippen LogP contribution in [0.3, 0.4) is 0 Å². The highest BCUT2D eigenvalue weighted by Gasteiger charge is 2.23. The number of hydrogen-bond donors (Lipinski definition) is 1. The summed E-state index contributed by atoms with van der Waals surface area (Å²) >= 11 is 0. The number of ether oxygens (including phenoxy) is 3. The molecule has 0 radical (unpaired) electrons. The van der Waals surface area contributed by atoms with Crippen LogP contribution in [0.4, 0.5) is 0 Å². The largest absolute Gasteiger partial charge is 0.507 e. The highest BCUT2D eigenvalue weighted by molar-refractivity contribution is 6.01. The number of methoxy groups -OCH3 is 1. The molecule has 18 heavy (non-hydrogen) atoms. The Balaban J connectivity index is 3.49. The van der Waals surface area contributed by atoms with Crippen LogP contribution in [-0.2, 0) is 0 Å². The Kier molecular flexibility index (Phi) is 4.83. The van der Waals surface area contributed by atoms with Gasteiger partial charge in [-0.25, -0.2) is 0 Å². The van der Waals surface area contributed by atoms with Crippen molar-refractivity contribution in [2.75, 3.05) is 20.3 Å². The van der Waals surface area contributed by atoms with Crippen molar-refractivity contribution < 1.29 is 24.1 Å². The van der Waals surface area contributed by atoms with Gasteiger partial charge in [-0.2, -0.15) is 0 Å². The van der Waals surface area contributed by atoms with Crippen LogP contribution in [0.2, 0.25) is 0 Å². The second-order valence-corrected chi connectivity index (χ2v) is 3.55. The highest BCUT2D eigenvalue weighted by Crippen LogP contribution is 2.45. The van der Waals surface area contributed by atoms with E-state index < -0.39 is 0 Å². The van der Waals surface area contributed by atoms with Gasteiger partial charge in [0.15, 0.2) is 17.3 Å². The summed E-state index contributed by atoms with van der Waals surface area (Å²) in [5.74, 6) is 0.427. The van der Waals surface area contributed by atoms with E-state index in [2.05, 4.69) is 0 Å². The highest BCUT2D eigenvalue weighted by atomic mass is 16.5. The minimum Gasteiger partial charge on any atom is -0.507 e. The average Bonchev–Trinajstić information content (AvgIpc) is 2.31. The summed E-state index contributed by atoms with van der Waals surface area (Å²) in [5, 5.41) is 9.86. The summed E-state index contributed by atoms with van der Waals surface area (Å²) in [6, 6.07) is 1.37. The number of rotatable bonds is 6. The molecular weight excluding hydrogens is 236 g/mol. The van der Waals surface area contributed by atoms with Gasteiger partial charge in [-0.1, -0.05) is 0 Å². The predicted octanol–water partition coefficient (Wildman–Crippen LogP) is 2.40. The quantitative estimate of drug-likeness (QED) is 0.790. The topological polar surface area (TPSA) is 65.0 Å². The van der Waals surface area contributed by atoms with E-state index in [1.807, 2.05) is 13.8 Å². The maximum atomic E-state index is 11.5. The Morgan fingerprint density at radius 1 is 1.22 bits per heavy atom. The SMILES string of the molecule is CCOc1cc(O)c(C(C)=O)c(OC)c1OCC. The van der Waals surface area contributed by atoms with E-state index >= 15 is 0 Å². The average molecular weight is 254 g/mol. The van der Waals surface area contributed by atoms with Crippen LogP contribution in [0.5, 0.6) is 23.0 Å². The van der Waals surface area contributed by atoms with Crippen molar-refractivity contribution in [2.45, 2.75) is 20.8 Å². The smallest absolute Gasteiger partial charge is 0.204 e. The van der Waals surface area contributed by atoms with Crippen molar-refractivity contribution in [1.29, 1.82) is 0 Å². The molecular formula is C13H18O5. The number of benzene rings is 1. The first-order valence-corrected chi connectivity index (χ1v) is 5.77. The molecule has 0 spiro atoms. The van der Waals surface area contributed by atoms with Gasteiger partial charge >= 0.3 is 0 Å². The Hall–Kier alpha value is -1.91. The van der Waals surface area contributed by atoms with Crippen LogP contribution in [0.25, 0.3) is 0 Å². The molecule has 0 saturated heterocycles. The molecule has 0 saturated carbocycles. The summed E-state index contributed by atoms with van der Waals surface area (Å²) in [4.78, 5) is 11.5. The summed E-state index contributed by atoms with van der Waals surface area (Å²) in [5.41, 5.74) is 0.101. The monoisotopic (exact) mass is 254 g/mol. The number of hydrogen-bond acceptors (Lipinski definition) is 5. The maximum Gasteiger partial charge on any atom is 0.204 e. The molecule has 0 heterocycles. The van der Waals surface area contributed by atoms with E-state index in [9.17, 15) is 9.90 Å². The van der Waals surface area contributed by atoms with Gasteiger partial charge in [0.1, 0.15) is 11.3 Å². The van der Waals surface area contributed by atoms with Crippen molar-refractivity contribution in [2.24, 2.45) is 0 Å². The fourth-order valence-corrected chi connectivity index (χ4v) is 1.68. The Morgan fingerprint density at radius 2 is 1.83 bits per heavy atom. The first-order chi connectivity index (χ1) is 8.56. The van der Waals surface area contributed by atoms with Gasteiger partial charge in [0, 0.05) is 6.07 Å². The molecule has 1 aromatic rings. The van der Waals surface area contributed by atoms with Gasteiger partial charge < -0.3 is 19.3 Å². The van der Waals surface area contributed by atoms with Gasteiger partial charge in [-0.05, 0) is 20.8 Å². The Morgan fingerprint density at radius 3 is 2.28 bits per heavy atom. The predicted molar refractivity (Wildman–Crippen MR) is 67.0 cm³/mol. The molecule has 1 N–H and O–H groups in total. The lowest BCUT2D eigenvalue weighted by Crippen LogP contribution is -2.05. The number of aromatic hydroxyl groups is 1. The van der Waals surface area contributed by atoms with E-state index in [1.54, 1.807) is 0 Å². The van der Waals surface area contributed by atoms with Gasteiger partial charge in [0.25, 0.3) is 0 Å². The molecule has 0 aliphatic heterocycles. The molecule has 5 nitrogen and oxygen atoms in total. The molecule has 1 aromatic carbocycles. The van der Waals surface area contributed by atoms with Gasteiger partial charge in [-0.15, -0.1) is 0 Å². The van der Waals surface area contributed by atoms with Crippen LogP contribution < -0.4 is 14.2 Å². The summed E-state index contributed by atoms with van der Waals surface area (Å²) < 4.78 is 16.0. The van der Waals surface area contributed by atoms with Gasteiger partial charge in [-0.3, -0.25) is 4.79 Å². The molecule has 0 unspecified atom stereocenters. The number of carbonyl (C=O) groups is 1. The standard InChI is InChI=1S/C13H18O5/c1-5-17-10-7-9(15)11(8(3)14)13(16-4)12(10)18-6-2/h7,15H,5-6H2,1-4H3. The molecule has 0 bridgehead atoms. The van der Waals surface area contributed by atoms with Gasteiger partial charge in [0.2, 0.25) is 5.75 Å². The first kappa shape index (κ1) is 14.2. The molecule has 0 atom stereocenters. The lowest BCUT2D eigenvalue weighted by atomic mass is 10.1. The molecule has 0 aliphatic carbocycles. The van der Waals surface area contributed by atoms with Gasteiger partial charge in [0.05, 0.1) is 20.3 Å². The van der Waals surface area contributed by atoms with Crippen molar-refractivity contribution in [3.63, 3.8) is 0 Å². The number of Topliss-reactive ketones (excluding diaryl/α,β-unsaturated/α-hetero) is 1. The Bertz CT molecular complexity index is 439. The first-order valence-electron chi connectivity index (χ1n) is 5.77. The molecule has 0 amide bonds. The van der Waals surface area contributed by atoms with Crippen molar-refractivity contribution in [3.8, 4) is 23.0 Å². The second-order valence-electron chi connectivity index (χ2n) is 3.55. The molecule has 100 valence electrons. The lowest BCUT2D eigenvalue weighted by Gasteiger charge is -2.17. The minimum atomic E-state index is -0.298. The zero-order valence-electron chi connectivity index (χ0n) is 11.1. The summed E-state index contributed by atoms with van der Waals surface area (Å²) in [6.45, 7) is 5.81. The van der Waals surface area contributed by atoms with E-state index in [4.69, 9.17) is 14.2 Å². The van der Waals surface area contributed by atoms with Crippen molar-refractivity contribution in [1.82, 2.24) is 0 Å². The summed E-state index contributed by atoms with van der Waals surface area (Å²) in [6.07, 6.45) is 0. The zero-order valence-corrected chi connectivity index (χ0v) is 11.1. The zero-order chi connectivity index (χ0) is 13.7. The van der Waals surface area contributed by atoms with E-state index in [0.29, 0.717) is 24.7 Å². The molecule has 1 rings (SSSR count). The Labute approximate surface area is 106 Å². The lowest BCUT2D eigenvalue weighted by molar-refractivity contribution is 0.101. The third kappa shape index (κ3) is 2.67. The van der Waals surface area contributed by atoms with Crippen molar-refractivity contribution in [3.05, 3.63) is 11.6 Å². The third-order valence-electron chi connectivity index (χ3n) is 2.33. The van der Waals surface area contributed by atoms with Crippen LogP contribution >= 0.6 is 0 Å². The van der Waals surface area contributed by atoms with E-state index in [0.717, 1.165) is 0 Å². The number of phenolic OH excluding ortho intramolecular Hbond substituents is 1. The second kappa shape index (κ2) is 6.14. The molecule has 0 aromatic heterocycles. The van der Waals surface area contributed by atoms with E-state index in [-0.39, 0.29) is 22.8 Å². The molecule has 5 heteroatoms. The van der Waals surface area contributed by atoms with Crippen LogP contribution in [-0.4, -0.2) is 31.2 Å². The van der Waals surface area contributed by atoms with Crippen molar-refractivity contribution >= 4 is 5.78 Å². The number of phenols is 1. The third-order valence-corrected chi connectivity index (χ3v) is 2.33. The number of ketones is 1. The summed E-state index contributed by atoms with van der Waals surface area (Å²) in [7, 11) is 1.42.